The van der Waals surface area contributed by atoms with E-state index in [1.165, 1.54) is 12.1 Å². The van der Waals surface area contributed by atoms with E-state index in [0.717, 1.165) is 0 Å². The molecule has 0 heterocycles. The highest BCUT2D eigenvalue weighted by molar-refractivity contribution is 5.97. The predicted molar refractivity (Wildman–Crippen MR) is 81.3 cm³/mol. The van der Waals surface area contributed by atoms with E-state index < -0.39 is 10.9 Å². The van der Waals surface area contributed by atoms with E-state index in [9.17, 15) is 25.1 Å². The SMILES string of the molecule is CCc1ccc(C(=O)O)c(NC2CCC(O)CC2)c1[N+](=O)[O-]. The fourth-order valence-electron chi connectivity index (χ4n) is 2.88. The van der Waals surface area contributed by atoms with E-state index in [0.29, 0.717) is 37.7 Å². The Labute approximate surface area is 128 Å². The summed E-state index contributed by atoms with van der Waals surface area (Å²) in [5, 5.41) is 33.3. The Morgan fingerprint density at radius 1 is 1.36 bits per heavy atom. The number of aliphatic hydroxyl groups is 1. The number of benzene rings is 1. The van der Waals surface area contributed by atoms with Gasteiger partial charge in [0.2, 0.25) is 0 Å². The van der Waals surface area contributed by atoms with E-state index >= 15 is 0 Å². The van der Waals surface area contributed by atoms with Crippen LogP contribution in [0.1, 0.15) is 48.5 Å². The summed E-state index contributed by atoms with van der Waals surface area (Å²) in [4.78, 5) is 22.3. The van der Waals surface area contributed by atoms with Crippen molar-refractivity contribution in [3.05, 3.63) is 33.4 Å². The molecule has 0 saturated heterocycles. The molecule has 1 aliphatic rings. The van der Waals surface area contributed by atoms with E-state index in [4.69, 9.17) is 0 Å². The van der Waals surface area contributed by atoms with Gasteiger partial charge in [-0.3, -0.25) is 10.1 Å². The number of nitro groups is 1. The van der Waals surface area contributed by atoms with Crippen LogP contribution in [0.4, 0.5) is 11.4 Å². The molecule has 7 nitrogen and oxygen atoms in total. The maximum atomic E-state index is 11.4. The monoisotopic (exact) mass is 308 g/mol. The lowest BCUT2D eigenvalue weighted by Gasteiger charge is -2.27. The summed E-state index contributed by atoms with van der Waals surface area (Å²) in [7, 11) is 0. The highest BCUT2D eigenvalue weighted by Crippen LogP contribution is 2.35. The Kier molecular flexibility index (Phi) is 4.97. The zero-order valence-electron chi connectivity index (χ0n) is 12.4. The van der Waals surface area contributed by atoms with Crippen LogP contribution in [0.5, 0.6) is 0 Å². The molecule has 0 aromatic heterocycles. The van der Waals surface area contributed by atoms with Gasteiger partial charge in [0.1, 0.15) is 5.69 Å². The molecule has 0 unspecified atom stereocenters. The van der Waals surface area contributed by atoms with Crippen molar-refractivity contribution in [2.24, 2.45) is 0 Å². The molecule has 1 aromatic rings. The summed E-state index contributed by atoms with van der Waals surface area (Å²) >= 11 is 0. The third kappa shape index (κ3) is 3.36. The molecule has 22 heavy (non-hydrogen) atoms. The van der Waals surface area contributed by atoms with Crippen LogP contribution >= 0.6 is 0 Å². The summed E-state index contributed by atoms with van der Waals surface area (Å²) in [5.41, 5.74) is 0.343. The van der Waals surface area contributed by atoms with Crippen LogP contribution in [0.2, 0.25) is 0 Å². The highest BCUT2D eigenvalue weighted by atomic mass is 16.6. The number of anilines is 1. The molecule has 0 amide bonds. The first-order valence-electron chi connectivity index (χ1n) is 7.42. The molecule has 1 aromatic carbocycles. The topological polar surface area (TPSA) is 113 Å². The number of aromatic carboxylic acids is 1. The Bertz CT molecular complexity index is 580. The number of nitrogens with one attached hydrogen (secondary N) is 1. The average molecular weight is 308 g/mol. The molecule has 3 N–H and O–H groups in total. The number of hydrogen-bond acceptors (Lipinski definition) is 5. The van der Waals surface area contributed by atoms with Gasteiger partial charge in [-0.25, -0.2) is 4.79 Å². The van der Waals surface area contributed by atoms with Gasteiger partial charge in [0.25, 0.3) is 5.69 Å². The minimum Gasteiger partial charge on any atom is -0.478 e. The number of rotatable bonds is 5. The van der Waals surface area contributed by atoms with E-state index in [1.807, 2.05) is 0 Å². The summed E-state index contributed by atoms with van der Waals surface area (Å²) in [6.45, 7) is 1.80. The molecule has 0 aliphatic heterocycles. The van der Waals surface area contributed by atoms with Crippen molar-refractivity contribution in [3.63, 3.8) is 0 Å². The average Bonchev–Trinajstić information content (AvgIpc) is 2.48. The Morgan fingerprint density at radius 2 is 2.00 bits per heavy atom. The molecule has 1 aliphatic carbocycles. The van der Waals surface area contributed by atoms with Crippen molar-refractivity contribution < 1.29 is 19.9 Å². The fourth-order valence-corrected chi connectivity index (χ4v) is 2.88. The Balaban J connectivity index is 2.41. The first kappa shape index (κ1) is 16.2. The van der Waals surface area contributed by atoms with Crippen LogP contribution in [0.15, 0.2) is 12.1 Å². The molecule has 1 fully saturated rings. The van der Waals surface area contributed by atoms with Gasteiger partial charge in [0.05, 0.1) is 16.6 Å². The third-order valence-corrected chi connectivity index (χ3v) is 4.10. The number of carboxylic acid groups (broad SMARTS) is 1. The third-order valence-electron chi connectivity index (χ3n) is 4.10. The zero-order valence-corrected chi connectivity index (χ0v) is 12.4. The minimum atomic E-state index is -1.19. The minimum absolute atomic E-state index is 0.0627. The van der Waals surface area contributed by atoms with Gasteiger partial charge < -0.3 is 15.5 Å². The molecule has 0 atom stereocenters. The second-order valence-electron chi connectivity index (χ2n) is 5.56. The van der Waals surface area contributed by atoms with E-state index in [2.05, 4.69) is 5.32 Å². The highest BCUT2D eigenvalue weighted by Gasteiger charge is 2.28. The number of carboxylic acids is 1. The van der Waals surface area contributed by atoms with Gasteiger partial charge in [-0.15, -0.1) is 0 Å². The second kappa shape index (κ2) is 6.74. The molecule has 1 saturated carbocycles. The first-order chi connectivity index (χ1) is 10.4. The molecule has 2 rings (SSSR count). The molecule has 120 valence electrons. The van der Waals surface area contributed by atoms with Gasteiger partial charge in [-0.2, -0.15) is 0 Å². The van der Waals surface area contributed by atoms with Crippen molar-refractivity contribution in [2.45, 2.75) is 51.2 Å². The van der Waals surface area contributed by atoms with Crippen LogP contribution in [0.3, 0.4) is 0 Å². The van der Waals surface area contributed by atoms with E-state index in [-0.39, 0.29) is 29.1 Å². The number of carbonyl (C=O) groups is 1. The summed E-state index contributed by atoms with van der Waals surface area (Å²) in [5.74, 6) is -1.19. The van der Waals surface area contributed by atoms with Gasteiger partial charge in [0, 0.05) is 11.6 Å². The number of hydrogen-bond donors (Lipinski definition) is 3. The molecule has 0 spiro atoms. The quantitative estimate of drug-likeness (QED) is 0.569. The summed E-state index contributed by atoms with van der Waals surface area (Å²) in [6.07, 6.45) is 2.66. The van der Waals surface area contributed by atoms with Gasteiger partial charge in [0.15, 0.2) is 0 Å². The number of aliphatic hydroxyl groups excluding tert-OH is 1. The van der Waals surface area contributed by atoms with Gasteiger partial charge >= 0.3 is 5.97 Å². The van der Waals surface area contributed by atoms with Crippen LogP contribution < -0.4 is 5.32 Å². The van der Waals surface area contributed by atoms with Crippen molar-refractivity contribution >= 4 is 17.3 Å². The maximum absolute atomic E-state index is 11.4. The number of aryl methyl sites for hydroxylation is 1. The zero-order chi connectivity index (χ0) is 16.3. The molecular weight excluding hydrogens is 288 g/mol. The number of nitrogens with zero attached hydrogens (tertiary/aromatic N) is 1. The molecule has 0 radical (unpaired) electrons. The van der Waals surface area contributed by atoms with Crippen molar-refractivity contribution in [2.75, 3.05) is 5.32 Å². The standard InChI is InChI=1S/C15H20N2O5/c1-2-9-3-8-12(15(19)20)13(14(9)17(21)22)16-10-4-6-11(18)7-5-10/h3,8,10-11,16,18H,2,4-7H2,1H3,(H,19,20). The largest absolute Gasteiger partial charge is 0.478 e. The van der Waals surface area contributed by atoms with Crippen molar-refractivity contribution in [3.8, 4) is 0 Å². The van der Waals surface area contributed by atoms with Crippen LogP contribution in [-0.2, 0) is 6.42 Å². The maximum Gasteiger partial charge on any atom is 0.338 e. The normalized spacial score (nSPS) is 21.4. The predicted octanol–water partition coefficient (Wildman–Crippen LogP) is 2.57. The summed E-state index contributed by atoms with van der Waals surface area (Å²) in [6, 6.07) is 2.85. The van der Waals surface area contributed by atoms with Crippen LogP contribution in [0.25, 0.3) is 0 Å². The summed E-state index contributed by atoms with van der Waals surface area (Å²) < 4.78 is 0. The lowest BCUT2D eigenvalue weighted by Crippen LogP contribution is -2.29. The fraction of sp³-hybridized carbons (Fsp3) is 0.533. The van der Waals surface area contributed by atoms with Gasteiger partial charge in [-0.1, -0.05) is 13.0 Å². The number of nitro benzene ring substituents is 1. The Morgan fingerprint density at radius 3 is 2.50 bits per heavy atom. The van der Waals surface area contributed by atoms with Crippen LogP contribution in [-0.4, -0.2) is 33.3 Å². The van der Waals surface area contributed by atoms with Gasteiger partial charge in [-0.05, 0) is 38.2 Å². The van der Waals surface area contributed by atoms with Crippen molar-refractivity contribution in [1.82, 2.24) is 0 Å². The van der Waals surface area contributed by atoms with Crippen molar-refractivity contribution in [1.29, 1.82) is 0 Å². The molecule has 7 heteroatoms. The molecule has 0 bridgehead atoms. The first-order valence-corrected chi connectivity index (χ1v) is 7.42. The van der Waals surface area contributed by atoms with E-state index in [1.54, 1.807) is 6.92 Å². The Hall–Kier alpha value is -2.15. The lowest BCUT2D eigenvalue weighted by atomic mass is 9.92. The lowest BCUT2D eigenvalue weighted by molar-refractivity contribution is -0.384. The van der Waals surface area contributed by atoms with Crippen LogP contribution in [0, 0.1) is 10.1 Å². The smallest absolute Gasteiger partial charge is 0.338 e. The second-order valence-corrected chi connectivity index (χ2v) is 5.56. The molecular formula is C15H20N2O5.